The van der Waals surface area contributed by atoms with Crippen molar-refractivity contribution >= 4 is 98.9 Å². The van der Waals surface area contributed by atoms with Gasteiger partial charge in [0.05, 0.1) is 30.5 Å². The molecule has 4 fully saturated rings. The number of hydrogen-bond donors (Lipinski definition) is 1. The monoisotopic (exact) mass is 1430 g/mol. The summed E-state index contributed by atoms with van der Waals surface area (Å²) in [7, 11) is 1.33. The Bertz CT molecular complexity index is 3530. The first-order valence-corrected chi connectivity index (χ1v) is 32.5. The van der Waals surface area contributed by atoms with Crippen LogP contribution < -0.4 is 24.8 Å². The summed E-state index contributed by atoms with van der Waals surface area (Å²) >= 11 is 13.3. The highest BCUT2D eigenvalue weighted by atomic mass is 79.9. The average Bonchev–Trinajstić information content (AvgIpc) is 1.79. The number of likely N-dealkylation sites (N-methyl/N-ethyl adjacent to an activating group) is 3. The van der Waals surface area contributed by atoms with Crippen LogP contribution in [-0.4, -0.2) is 169 Å². The number of piperazine rings is 3. The quantitative estimate of drug-likeness (QED) is 0.0744. The topological polar surface area (TPSA) is 147 Å². The first-order chi connectivity index (χ1) is 42.1. The molecule has 0 radical (unpaired) electrons. The number of nitrogens with zero attached hydrogens (tertiary/aromatic N) is 11. The Labute approximate surface area is 543 Å². The number of rotatable bonds is 11. The number of carbonyl (C=O) groups excluding carboxylic acids is 3. The zero-order valence-corrected chi connectivity index (χ0v) is 55.7. The van der Waals surface area contributed by atoms with Crippen LogP contribution in [-0.2, 0) is 16.1 Å². The van der Waals surface area contributed by atoms with Crippen molar-refractivity contribution < 1.29 is 23.5 Å². The second kappa shape index (κ2) is 31.0. The number of methoxy groups -OCH3 is 1. The van der Waals surface area contributed by atoms with Crippen molar-refractivity contribution in [1.82, 2.24) is 44.9 Å². The fourth-order valence-electron chi connectivity index (χ4n) is 10.8. The number of imide groups is 1. The van der Waals surface area contributed by atoms with Gasteiger partial charge in [0, 0.05) is 113 Å². The van der Waals surface area contributed by atoms with Gasteiger partial charge in [-0.25, -0.2) is 24.3 Å². The number of amides is 3. The number of halogens is 5. The van der Waals surface area contributed by atoms with E-state index in [0.717, 1.165) is 156 Å². The minimum absolute atomic E-state index is 0.0302. The van der Waals surface area contributed by atoms with Gasteiger partial charge in [-0.2, -0.15) is 0 Å². The molecule has 0 unspecified atom stereocenters. The molecule has 0 bridgehead atoms. The Morgan fingerprint density at radius 2 is 1.00 bits per heavy atom. The third kappa shape index (κ3) is 17.2. The highest BCUT2D eigenvalue weighted by molar-refractivity contribution is 9.11. The standard InChI is InChI=1S/C33H32FN5O4.C17H20BrN3.C11H16BrN3.C5H3Br2N/c1-3-37-15-17-38(18-16-37)27-6-4-5-25(35-27)23-9-7-22(8-10-23)13-14-33(19-28(40)36-32(33)42)21-39-20-24-11-12-26(43-2)30(34)29(24)31(39)41;1-2-20-10-12-21(13-11-20)17-5-3-4-16(19-17)14-6-8-15(18)9-7-14;1-2-14-6-8-15(9-7-14)11-5-3-4-10(12)13-11;6-4-2-1-3-5(7)8-4/h4-12H,3,15-21H2,1-2H3,(H,36,40,42);3-9H,2,10-13H2,1H3;3-5H,2,6-9H2,1H3;1-3H/t33-;;;/m1.../s1. The number of nitrogens with one attached hydrogen (secondary N) is 1. The van der Waals surface area contributed by atoms with E-state index in [-0.39, 0.29) is 30.8 Å². The summed E-state index contributed by atoms with van der Waals surface area (Å²) < 4.78 is 23.6. The molecule has 5 aliphatic heterocycles. The molecule has 4 saturated heterocycles. The molecule has 21 heteroatoms. The minimum atomic E-state index is -1.45. The second-order valence-corrected chi connectivity index (χ2v) is 24.7. The molecule has 454 valence electrons. The maximum absolute atomic E-state index is 14.9. The fourth-order valence-corrected chi connectivity index (χ4v) is 12.3. The van der Waals surface area contributed by atoms with Gasteiger partial charge in [0.1, 0.15) is 36.7 Å². The van der Waals surface area contributed by atoms with E-state index in [0.29, 0.717) is 11.1 Å². The number of anilines is 3. The van der Waals surface area contributed by atoms with Crippen LogP contribution in [0.3, 0.4) is 0 Å². The van der Waals surface area contributed by atoms with E-state index in [1.165, 1.54) is 18.1 Å². The van der Waals surface area contributed by atoms with Crippen molar-refractivity contribution in [2.45, 2.75) is 33.7 Å². The van der Waals surface area contributed by atoms with Crippen LogP contribution >= 0.6 is 63.7 Å². The van der Waals surface area contributed by atoms with Crippen molar-refractivity contribution in [2.75, 3.05) is 127 Å². The Morgan fingerprint density at radius 3 is 1.43 bits per heavy atom. The van der Waals surface area contributed by atoms with Crippen LogP contribution in [0.1, 0.15) is 48.7 Å². The Kier molecular flexibility index (Phi) is 23.1. The van der Waals surface area contributed by atoms with E-state index in [1.807, 2.05) is 72.8 Å². The van der Waals surface area contributed by atoms with Gasteiger partial charge >= 0.3 is 0 Å². The van der Waals surface area contributed by atoms with Crippen LogP contribution in [0.4, 0.5) is 21.8 Å². The average molecular weight is 1430 g/mol. The first-order valence-electron chi connectivity index (χ1n) is 29.3. The largest absolute Gasteiger partial charge is 0.494 e. The molecule has 0 saturated carbocycles. The zero-order valence-electron chi connectivity index (χ0n) is 49.4. The molecule has 1 N–H and O–H groups in total. The normalized spacial score (nSPS) is 17.8. The molecule has 12 rings (SSSR count). The summed E-state index contributed by atoms with van der Waals surface area (Å²) in [5.74, 6) is 6.81. The first kappa shape index (κ1) is 64.8. The number of benzene rings is 3. The molecular formula is C66H71Br4FN12O4. The van der Waals surface area contributed by atoms with E-state index in [9.17, 15) is 18.8 Å². The highest BCUT2D eigenvalue weighted by Gasteiger charge is 2.49. The van der Waals surface area contributed by atoms with Crippen LogP contribution in [0.15, 0.2) is 152 Å². The molecule has 0 spiro atoms. The van der Waals surface area contributed by atoms with Gasteiger partial charge < -0.3 is 39.0 Å². The lowest BCUT2D eigenvalue weighted by molar-refractivity contribution is -0.127. The number of ether oxygens (including phenoxy) is 1. The predicted octanol–water partition coefficient (Wildman–Crippen LogP) is 11.3. The number of fused-ring (bicyclic) bond motifs is 1. The van der Waals surface area contributed by atoms with Gasteiger partial charge in [-0.1, -0.05) is 103 Å². The number of hydrogen-bond acceptors (Lipinski definition) is 14. The van der Waals surface area contributed by atoms with Crippen LogP contribution in [0.5, 0.6) is 5.75 Å². The lowest BCUT2D eigenvalue weighted by atomic mass is 9.85. The van der Waals surface area contributed by atoms with Crippen molar-refractivity contribution in [3.8, 4) is 40.1 Å². The summed E-state index contributed by atoms with van der Waals surface area (Å²) in [4.78, 5) is 72.4. The van der Waals surface area contributed by atoms with Gasteiger partial charge in [-0.05, 0) is 152 Å². The van der Waals surface area contributed by atoms with E-state index >= 15 is 0 Å². The Balaban J connectivity index is 0.000000167. The van der Waals surface area contributed by atoms with Gasteiger partial charge in [0.2, 0.25) is 11.8 Å². The van der Waals surface area contributed by atoms with Gasteiger partial charge in [-0.3, -0.25) is 19.7 Å². The van der Waals surface area contributed by atoms with Crippen LogP contribution in [0.2, 0.25) is 0 Å². The molecule has 7 aromatic rings. The summed E-state index contributed by atoms with van der Waals surface area (Å²) in [5, 5.41) is 2.32. The molecule has 4 aromatic heterocycles. The summed E-state index contributed by atoms with van der Waals surface area (Å²) in [5.41, 5.74) is 3.59. The predicted molar refractivity (Wildman–Crippen MR) is 356 cm³/mol. The van der Waals surface area contributed by atoms with E-state index < -0.39 is 29.0 Å². The van der Waals surface area contributed by atoms with Gasteiger partial charge in [0.15, 0.2) is 11.6 Å². The van der Waals surface area contributed by atoms with Crippen molar-refractivity contribution in [3.05, 3.63) is 174 Å². The maximum Gasteiger partial charge on any atom is 0.257 e. The Morgan fingerprint density at radius 1 is 0.552 bits per heavy atom. The molecule has 16 nitrogen and oxygen atoms in total. The molecule has 3 aromatic carbocycles. The molecule has 5 aliphatic rings. The third-order valence-electron chi connectivity index (χ3n) is 15.9. The van der Waals surface area contributed by atoms with Crippen molar-refractivity contribution in [1.29, 1.82) is 0 Å². The van der Waals surface area contributed by atoms with Crippen molar-refractivity contribution in [3.63, 3.8) is 0 Å². The van der Waals surface area contributed by atoms with Gasteiger partial charge in [-0.15, -0.1) is 0 Å². The fraction of sp³-hybridized carbons (Fsp3) is 0.348. The number of pyridine rings is 4. The number of carbonyl (C=O) groups is 3. The lowest BCUT2D eigenvalue weighted by Gasteiger charge is -2.34. The van der Waals surface area contributed by atoms with E-state index in [4.69, 9.17) is 14.7 Å². The van der Waals surface area contributed by atoms with E-state index in [1.54, 1.807) is 6.07 Å². The van der Waals surface area contributed by atoms with Crippen molar-refractivity contribution in [2.24, 2.45) is 5.41 Å². The molecule has 9 heterocycles. The summed E-state index contributed by atoms with van der Waals surface area (Å²) in [6, 6.07) is 43.0. The molecule has 0 aliphatic carbocycles. The Hall–Kier alpha value is -6.64. The SMILES string of the molecule is Brc1cccc(Br)n1.CCN1CCN(c2cccc(-c3ccc(Br)cc3)n2)CC1.CCN1CCN(c2cccc(-c3ccc(C#C[C@]4(CN5Cc6ccc(OC)c(F)c6C5=O)CC(=O)NC4=O)cc3)n2)CC1.CCN1CCN(c2cccc(Br)n2)CC1. The molecule has 1 atom stereocenters. The molecule has 87 heavy (non-hydrogen) atoms. The van der Waals surface area contributed by atoms with E-state index in [2.05, 4.69) is 190 Å². The zero-order chi connectivity index (χ0) is 61.5. The second-order valence-electron chi connectivity index (χ2n) is 21.4. The minimum Gasteiger partial charge on any atom is -0.494 e. The smallest absolute Gasteiger partial charge is 0.257 e. The summed E-state index contributed by atoms with van der Waals surface area (Å²) in [6.45, 7) is 22.7. The molecule has 3 amide bonds. The maximum atomic E-state index is 14.9. The number of aromatic nitrogens is 4. The third-order valence-corrected chi connectivity index (χ3v) is 17.8. The van der Waals surface area contributed by atoms with Gasteiger partial charge in [0.25, 0.3) is 5.91 Å². The van der Waals surface area contributed by atoms with Crippen LogP contribution in [0.25, 0.3) is 22.5 Å². The van der Waals surface area contributed by atoms with Crippen LogP contribution in [0, 0.1) is 23.1 Å². The molecular weight excluding hydrogens is 1360 g/mol. The summed E-state index contributed by atoms with van der Waals surface area (Å²) in [6.07, 6.45) is -0.188. The lowest BCUT2D eigenvalue weighted by Crippen LogP contribution is -2.46. The highest BCUT2D eigenvalue weighted by Crippen LogP contribution is 2.36.